The van der Waals surface area contributed by atoms with Crippen molar-refractivity contribution < 1.29 is 9.47 Å². The fourth-order valence-corrected chi connectivity index (χ4v) is 4.96. The molecule has 0 radical (unpaired) electrons. The number of fused-ring (bicyclic) bond motifs is 1. The van der Waals surface area contributed by atoms with Crippen molar-refractivity contribution in [2.24, 2.45) is 5.10 Å². The van der Waals surface area contributed by atoms with Gasteiger partial charge in [-0.25, -0.2) is 4.98 Å². The predicted molar refractivity (Wildman–Crippen MR) is 148 cm³/mol. The molecule has 1 aliphatic rings. The Bertz CT molecular complexity index is 1470. The van der Waals surface area contributed by atoms with Gasteiger partial charge in [-0.1, -0.05) is 61.2 Å². The van der Waals surface area contributed by atoms with Gasteiger partial charge in [-0.2, -0.15) is 9.78 Å². The van der Waals surface area contributed by atoms with Crippen LogP contribution >= 0.6 is 11.6 Å². The first-order valence-corrected chi connectivity index (χ1v) is 13.2. The van der Waals surface area contributed by atoms with Crippen LogP contribution in [0.15, 0.2) is 76.6 Å². The molecule has 7 heteroatoms. The Balaban J connectivity index is 1.46. The summed E-state index contributed by atoms with van der Waals surface area (Å²) < 4.78 is 13.4. The summed E-state index contributed by atoms with van der Waals surface area (Å²) in [4.78, 5) is 18.3. The molecule has 1 aliphatic carbocycles. The maximum absolute atomic E-state index is 13.4. The molecule has 1 heterocycles. The van der Waals surface area contributed by atoms with E-state index in [2.05, 4.69) is 5.10 Å². The quantitative estimate of drug-likeness (QED) is 0.238. The first-order chi connectivity index (χ1) is 18.1. The van der Waals surface area contributed by atoms with E-state index in [0.29, 0.717) is 35.1 Å². The number of hydrogen-bond acceptors (Lipinski definition) is 5. The third-order valence-corrected chi connectivity index (χ3v) is 7.05. The number of ether oxygens (including phenoxy) is 2. The first kappa shape index (κ1) is 25.0. The zero-order valence-corrected chi connectivity index (χ0v) is 21.7. The number of nitrogens with zero attached hydrogens (tertiary/aromatic N) is 3. The van der Waals surface area contributed by atoms with Crippen molar-refractivity contribution in [2.45, 2.75) is 51.6 Å². The number of aromatic nitrogens is 2. The molecule has 0 atom stereocenters. The van der Waals surface area contributed by atoms with Crippen LogP contribution in [-0.2, 0) is 6.61 Å². The lowest BCUT2D eigenvalue weighted by Gasteiger charge is -2.22. The highest BCUT2D eigenvalue weighted by atomic mass is 35.5. The number of rotatable bonds is 8. The monoisotopic (exact) mass is 515 g/mol. The standard InChI is InChI=1S/C30H30ClN3O3/c1-2-36-28-18-21(16-17-27(28)37-20-23-12-6-8-14-25(23)31)19-32-34-29(22-10-4-3-5-11-22)33-26-15-9-7-13-24(26)30(34)35/h6-9,12-19,22H,2-5,10-11,20H2,1H3. The summed E-state index contributed by atoms with van der Waals surface area (Å²) in [5.41, 5.74) is 2.27. The Hall–Kier alpha value is -3.64. The van der Waals surface area contributed by atoms with Gasteiger partial charge in [-0.05, 0) is 61.7 Å². The average molecular weight is 516 g/mol. The zero-order chi connectivity index (χ0) is 25.6. The van der Waals surface area contributed by atoms with E-state index < -0.39 is 0 Å². The molecule has 6 nitrogen and oxygen atoms in total. The topological polar surface area (TPSA) is 65.7 Å². The maximum Gasteiger partial charge on any atom is 0.282 e. The lowest BCUT2D eigenvalue weighted by molar-refractivity contribution is 0.269. The summed E-state index contributed by atoms with van der Waals surface area (Å²) in [6.45, 7) is 2.74. The fourth-order valence-electron chi connectivity index (χ4n) is 4.77. The summed E-state index contributed by atoms with van der Waals surface area (Å²) >= 11 is 6.27. The third kappa shape index (κ3) is 5.70. The van der Waals surface area contributed by atoms with E-state index in [0.717, 1.165) is 48.2 Å². The van der Waals surface area contributed by atoms with Crippen LogP contribution in [0.2, 0.25) is 5.02 Å². The molecule has 0 bridgehead atoms. The lowest BCUT2D eigenvalue weighted by Crippen LogP contribution is -2.25. The molecule has 4 aromatic rings. The van der Waals surface area contributed by atoms with Gasteiger partial charge in [0, 0.05) is 16.5 Å². The Labute approximate surface area is 221 Å². The van der Waals surface area contributed by atoms with Crippen molar-refractivity contribution in [3.05, 3.63) is 99.1 Å². The van der Waals surface area contributed by atoms with Crippen molar-refractivity contribution in [2.75, 3.05) is 6.61 Å². The minimum atomic E-state index is -0.146. The SMILES string of the molecule is CCOc1cc(C=Nn2c(C3CCCCC3)nc3ccccc3c2=O)ccc1OCc1ccccc1Cl. The van der Waals surface area contributed by atoms with Crippen LogP contribution in [0.4, 0.5) is 0 Å². The van der Waals surface area contributed by atoms with E-state index in [1.807, 2.05) is 67.6 Å². The van der Waals surface area contributed by atoms with Crippen LogP contribution in [0.1, 0.15) is 61.9 Å². The molecule has 1 aromatic heterocycles. The van der Waals surface area contributed by atoms with Gasteiger partial charge >= 0.3 is 0 Å². The van der Waals surface area contributed by atoms with Crippen molar-refractivity contribution >= 4 is 28.7 Å². The minimum absolute atomic E-state index is 0.146. The molecular weight excluding hydrogens is 486 g/mol. The molecule has 37 heavy (non-hydrogen) atoms. The van der Waals surface area contributed by atoms with Gasteiger partial charge in [0.25, 0.3) is 5.56 Å². The Morgan fingerprint density at radius 1 is 1.00 bits per heavy atom. The molecule has 0 amide bonds. The number of halogens is 1. The van der Waals surface area contributed by atoms with Crippen molar-refractivity contribution in [3.63, 3.8) is 0 Å². The zero-order valence-electron chi connectivity index (χ0n) is 20.9. The normalized spacial score (nSPS) is 14.3. The van der Waals surface area contributed by atoms with Gasteiger partial charge in [-0.3, -0.25) is 4.79 Å². The fraction of sp³-hybridized carbons (Fsp3) is 0.300. The Morgan fingerprint density at radius 3 is 2.59 bits per heavy atom. The predicted octanol–water partition coefficient (Wildman–Crippen LogP) is 6.96. The molecule has 190 valence electrons. The number of para-hydroxylation sites is 1. The van der Waals surface area contributed by atoms with Gasteiger partial charge in [0.15, 0.2) is 11.5 Å². The molecule has 3 aromatic carbocycles. The molecule has 1 saturated carbocycles. The summed E-state index contributed by atoms with van der Waals surface area (Å²) in [7, 11) is 0. The smallest absolute Gasteiger partial charge is 0.282 e. The van der Waals surface area contributed by atoms with Crippen molar-refractivity contribution in [1.29, 1.82) is 0 Å². The summed E-state index contributed by atoms with van der Waals surface area (Å²) in [6, 6.07) is 20.7. The van der Waals surface area contributed by atoms with Gasteiger partial charge in [0.05, 0.1) is 23.7 Å². The van der Waals surface area contributed by atoms with Crippen LogP contribution < -0.4 is 15.0 Å². The largest absolute Gasteiger partial charge is 0.490 e. The van der Waals surface area contributed by atoms with E-state index in [9.17, 15) is 4.79 Å². The van der Waals surface area contributed by atoms with Gasteiger partial charge < -0.3 is 9.47 Å². The van der Waals surface area contributed by atoms with Crippen LogP contribution in [0.3, 0.4) is 0 Å². The van der Waals surface area contributed by atoms with Crippen molar-refractivity contribution in [3.8, 4) is 11.5 Å². The Morgan fingerprint density at radius 2 is 1.78 bits per heavy atom. The van der Waals surface area contributed by atoms with Crippen LogP contribution in [-0.4, -0.2) is 22.5 Å². The summed E-state index contributed by atoms with van der Waals surface area (Å²) in [5.74, 6) is 2.19. The molecule has 0 unspecified atom stereocenters. The highest BCUT2D eigenvalue weighted by Gasteiger charge is 2.22. The van der Waals surface area contributed by atoms with E-state index in [-0.39, 0.29) is 11.5 Å². The highest BCUT2D eigenvalue weighted by Crippen LogP contribution is 2.32. The molecule has 5 rings (SSSR count). The van der Waals surface area contributed by atoms with Gasteiger partial charge in [0.2, 0.25) is 0 Å². The van der Waals surface area contributed by atoms with Crippen LogP contribution in [0.25, 0.3) is 10.9 Å². The molecule has 1 fully saturated rings. The summed E-state index contributed by atoms with van der Waals surface area (Å²) in [5, 5.41) is 5.87. The van der Waals surface area contributed by atoms with Gasteiger partial charge in [-0.15, -0.1) is 0 Å². The van der Waals surface area contributed by atoms with E-state index >= 15 is 0 Å². The second-order valence-corrected chi connectivity index (χ2v) is 9.61. The maximum atomic E-state index is 13.4. The lowest BCUT2D eigenvalue weighted by atomic mass is 9.88. The van der Waals surface area contributed by atoms with Gasteiger partial charge in [0.1, 0.15) is 12.4 Å². The second kappa shape index (κ2) is 11.6. The van der Waals surface area contributed by atoms with E-state index in [1.54, 1.807) is 12.3 Å². The number of benzene rings is 3. The van der Waals surface area contributed by atoms with E-state index in [1.165, 1.54) is 11.1 Å². The first-order valence-electron chi connectivity index (χ1n) is 12.8. The van der Waals surface area contributed by atoms with Crippen molar-refractivity contribution in [1.82, 2.24) is 9.66 Å². The molecule has 0 spiro atoms. The highest BCUT2D eigenvalue weighted by molar-refractivity contribution is 6.31. The van der Waals surface area contributed by atoms with E-state index in [4.69, 9.17) is 26.1 Å². The third-order valence-electron chi connectivity index (χ3n) is 6.68. The molecule has 0 saturated heterocycles. The second-order valence-electron chi connectivity index (χ2n) is 9.20. The number of hydrogen-bond donors (Lipinski definition) is 0. The summed E-state index contributed by atoms with van der Waals surface area (Å²) in [6.07, 6.45) is 7.24. The molecule has 0 N–H and O–H groups in total. The molecule has 0 aliphatic heterocycles. The van der Waals surface area contributed by atoms with Crippen LogP contribution in [0.5, 0.6) is 11.5 Å². The molecular formula is C30H30ClN3O3. The average Bonchev–Trinajstić information content (AvgIpc) is 2.93. The minimum Gasteiger partial charge on any atom is -0.490 e. The van der Waals surface area contributed by atoms with Crippen LogP contribution in [0, 0.1) is 0 Å². The Kier molecular flexibility index (Phi) is 7.85.